The summed E-state index contributed by atoms with van der Waals surface area (Å²) in [6.07, 6.45) is 4.98. The number of aromatic nitrogens is 2. The van der Waals surface area contributed by atoms with Gasteiger partial charge in [-0.3, -0.25) is 0 Å². The average Bonchev–Trinajstić information content (AvgIpc) is 2.88. The minimum absolute atomic E-state index is 0.753. The molecule has 0 atom stereocenters. The van der Waals surface area contributed by atoms with Gasteiger partial charge >= 0.3 is 0 Å². The van der Waals surface area contributed by atoms with Gasteiger partial charge in [-0.25, -0.2) is 4.68 Å². The lowest BCUT2D eigenvalue weighted by molar-refractivity contribution is 0.199. The monoisotopic (exact) mass is 245 g/mol. The van der Waals surface area contributed by atoms with Crippen LogP contribution in [0.2, 0.25) is 0 Å². The van der Waals surface area contributed by atoms with E-state index in [0.29, 0.717) is 0 Å². The number of rotatable bonds is 7. The average molecular weight is 245 g/mol. The van der Waals surface area contributed by atoms with Gasteiger partial charge in [0.2, 0.25) is 0 Å². The molecule has 2 rings (SSSR count). The van der Waals surface area contributed by atoms with E-state index in [1.54, 1.807) is 7.11 Å². The molecule has 1 aromatic heterocycles. The highest BCUT2D eigenvalue weighted by Gasteiger charge is 2.00. The maximum absolute atomic E-state index is 4.98. The van der Waals surface area contributed by atoms with Crippen LogP contribution in [-0.4, -0.2) is 36.6 Å². The lowest BCUT2D eigenvalue weighted by Crippen LogP contribution is -2.21. The quantitative estimate of drug-likeness (QED) is 0.754. The Balaban J connectivity index is 1.83. The zero-order valence-electron chi connectivity index (χ0n) is 10.7. The van der Waals surface area contributed by atoms with Crippen LogP contribution in [0.1, 0.15) is 5.56 Å². The molecule has 0 aliphatic carbocycles. The summed E-state index contributed by atoms with van der Waals surface area (Å²) in [5.74, 6) is 0. The molecule has 0 aliphatic heterocycles. The highest BCUT2D eigenvalue weighted by atomic mass is 16.5. The maximum atomic E-state index is 4.98. The molecule has 0 saturated carbocycles. The van der Waals surface area contributed by atoms with Crippen molar-refractivity contribution in [1.29, 1.82) is 0 Å². The van der Waals surface area contributed by atoms with Gasteiger partial charge in [-0.15, -0.1) is 0 Å². The Kier molecular flexibility index (Phi) is 4.93. The predicted molar refractivity (Wildman–Crippen MR) is 72.0 cm³/mol. The predicted octanol–water partition coefficient (Wildman–Crippen LogP) is 1.65. The lowest BCUT2D eigenvalue weighted by atomic mass is 10.2. The van der Waals surface area contributed by atoms with Crippen molar-refractivity contribution in [1.82, 2.24) is 15.1 Å². The number of para-hydroxylation sites is 1. The standard InChI is InChI=1S/C14H19N3O/c1-18-10-9-15-8-7-13-11-16-17(12-13)14-5-3-2-4-6-14/h2-6,11-12,15H,7-10H2,1H3. The Hall–Kier alpha value is -1.65. The first-order chi connectivity index (χ1) is 8.90. The first kappa shape index (κ1) is 12.8. The molecule has 1 heterocycles. The molecular weight excluding hydrogens is 226 g/mol. The third-order valence-electron chi connectivity index (χ3n) is 2.73. The van der Waals surface area contributed by atoms with Crippen molar-refractivity contribution in [2.75, 3.05) is 26.8 Å². The van der Waals surface area contributed by atoms with E-state index in [0.717, 1.165) is 31.8 Å². The second-order valence-electron chi connectivity index (χ2n) is 4.12. The van der Waals surface area contributed by atoms with Crippen molar-refractivity contribution in [3.05, 3.63) is 48.3 Å². The van der Waals surface area contributed by atoms with Gasteiger partial charge in [0.05, 0.1) is 18.5 Å². The van der Waals surface area contributed by atoms with Crippen molar-refractivity contribution in [2.45, 2.75) is 6.42 Å². The molecule has 0 bridgehead atoms. The fourth-order valence-electron chi connectivity index (χ4n) is 1.74. The first-order valence-corrected chi connectivity index (χ1v) is 6.19. The van der Waals surface area contributed by atoms with Crippen molar-refractivity contribution in [3.8, 4) is 5.69 Å². The third kappa shape index (κ3) is 3.68. The zero-order chi connectivity index (χ0) is 12.6. The summed E-state index contributed by atoms with van der Waals surface area (Å²) in [5, 5.41) is 7.69. The number of ether oxygens (including phenoxy) is 1. The molecule has 0 fully saturated rings. The first-order valence-electron chi connectivity index (χ1n) is 6.19. The second-order valence-corrected chi connectivity index (χ2v) is 4.12. The van der Waals surface area contributed by atoms with Crippen LogP contribution in [0.15, 0.2) is 42.7 Å². The Bertz CT molecular complexity index is 453. The van der Waals surface area contributed by atoms with Crippen LogP contribution in [0.5, 0.6) is 0 Å². The molecular formula is C14H19N3O. The topological polar surface area (TPSA) is 39.1 Å². The molecule has 4 nitrogen and oxygen atoms in total. The van der Waals surface area contributed by atoms with E-state index >= 15 is 0 Å². The summed E-state index contributed by atoms with van der Waals surface area (Å²) in [7, 11) is 1.71. The van der Waals surface area contributed by atoms with E-state index in [-0.39, 0.29) is 0 Å². The molecule has 2 aromatic rings. The highest BCUT2D eigenvalue weighted by Crippen LogP contribution is 2.07. The van der Waals surface area contributed by atoms with Gasteiger partial charge in [0, 0.05) is 19.9 Å². The largest absolute Gasteiger partial charge is 0.383 e. The number of benzene rings is 1. The van der Waals surface area contributed by atoms with E-state index in [4.69, 9.17) is 4.74 Å². The summed E-state index contributed by atoms with van der Waals surface area (Å²) >= 11 is 0. The normalized spacial score (nSPS) is 10.7. The third-order valence-corrected chi connectivity index (χ3v) is 2.73. The van der Waals surface area contributed by atoms with Crippen LogP contribution in [0.4, 0.5) is 0 Å². The van der Waals surface area contributed by atoms with E-state index in [1.165, 1.54) is 5.56 Å². The van der Waals surface area contributed by atoms with E-state index in [9.17, 15) is 0 Å². The van der Waals surface area contributed by atoms with Gasteiger partial charge in [0.1, 0.15) is 0 Å². The van der Waals surface area contributed by atoms with Crippen molar-refractivity contribution in [3.63, 3.8) is 0 Å². The summed E-state index contributed by atoms with van der Waals surface area (Å²) < 4.78 is 6.88. The fourth-order valence-corrected chi connectivity index (χ4v) is 1.74. The molecule has 18 heavy (non-hydrogen) atoms. The second kappa shape index (κ2) is 6.93. The summed E-state index contributed by atoms with van der Waals surface area (Å²) in [6.45, 7) is 2.59. The molecule has 0 unspecified atom stereocenters. The van der Waals surface area contributed by atoms with E-state index in [1.807, 2.05) is 41.2 Å². The molecule has 0 saturated heterocycles. The van der Waals surface area contributed by atoms with Gasteiger partial charge in [0.25, 0.3) is 0 Å². The van der Waals surface area contributed by atoms with Crippen LogP contribution < -0.4 is 5.32 Å². The SMILES string of the molecule is COCCNCCc1cnn(-c2ccccc2)c1. The van der Waals surface area contributed by atoms with Crippen LogP contribution in [0.25, 0.3) is 5.69 Å². The molecule has 0 spiro atoms. The molecule has 4 heteroatoms. The Morgan fingerprint density at radius 1 is 1.22 bits per heavy atom. The fraction of sp³-hybridized carbons (Fsp3) is 0.357. The Morgan fingerprint density at radius 2 is 2.06 bits per heavy atom. The van der Waals surface area contributed by atoms with Crippen molar-refractivity contribution < 1.29 is 4.74 Å². The van der Waals surface area contributed by atoms with Crippen molar-refractivity contribution >= 4 is 0 Å². The van der Waals surface area contributed by atoms with Crippen LogP contribution >= 0.6 is 0 Å². The Morgan fingerprint density at radius 3 is 2.83 bits per heavy atom. The number of nitrogens with one attached hydrogen (secondary N) is 1. The summed E-state index contributed by atoms with van der Waals surface area (Å²) in [6, 6.07) is 10.1. The van der Waals surface area contributed by atoms with Gasteiger partial charge in [-0.05, 0) is 30.7 Å². The number of nitrogens with zero attached hydrogens (tertiary/aromatic N) is 2. The Labute approximate surface area is 108 Å². The maximum Gasteiger partial charge on any atom is 0.0645 e. The summed E-state index contributed by atoms with van der Waals surface area (Å²) in [4.78, 5) is 0. The van der Waals surface area contributed by atoms with E-state index in [2.05, 4.69) is 16.6 Å². The van der Waals surface area contributed by atoms with Crippen LogP contribution in [0.3, 0.4) is 0 Å². The number of hydrogen-bond donors (Lipinski definition) is 1. The molecule has 1 N–H and O–H groups in total. The minimum atomic E-state index is 0.753. The van der Waals surface area contributed by atoms with Crippen LogP contribution in [0, 0.1) is 0 Å². The summed E-state index contributed by atoms with van der Waals surface area (Å²) in [5.41, 5.74) is 2.33. The zero-order valence-corrected chi connectivity index (χ0v) is 10.7. The molecule has 1 aromatic carbocycles. The van der Waals surface area contributed by atoms with Gasteiger partial charge in [0.15, 0.2) is 0 Å². The minimum Gasteiger partial charge on any atom is -0.383 e. The van der Waals surface area contributed by atoms with E-state index < -0.39 is 0 Å². The smallest absolute Gasteiger partial charge is 0.0645 e. The molecule has 96 valence electrons. The van der Waals surface area contributed by atoms with Gasteiger partial charge < -0.3 is 10.1 Å². The molecule has 0 radical (unpaired) electrons. The number of methoxy groups -OCH3 is 1. The van der Waals surface area contributed by atoms with Gasteiger partial charge in [-0.2, -0.15) is 5.10 Å². The van der Waals surface area contributed by atoms with Crippen LogP contribution in [-0.2, 0) is 11.2 Å². The number of hydrogen-bond acceptors (Lipinski definition) is 3. The van der Waals surface area contributed by atoms with Crippen molar-refractivity contribution in [2.24, 2.45) is 0 Å². The molecule has 0 amide bonds. The molecule has 0 aliphatic rings. The highest BCUT2D eigenvalue weighted by molar-refractivity contribution is 5.30. The lowest BCUT2D eigenvalue weighted by Gasteiger charge is -2.02. The van der Waals surface area contributed by atoms with Gasteiger partial charge in [-0.1, -0.05) is 18.2 Å².